The van der Waals surface area contributed by atoms with Crippen LogP contribution in [-0.4, -0.2) is 24.8 Å². The maximum absolute atomic E-state index is 11.6. The van der Waals surface area contributed by atoms with Crippen molar-refractivity contribution in [3.05, 3.63) is 0 Å². The van der Waals surface area contributed by atoms with E-state index in [2.05, 4.69) is 11.2 Å². The Labute approximate surface area is 73.7 Å². The average molecular weight is 194 g/mol. The first kappa shape index (κ1) is 11.6. The van der Waals surface area contributed by atoms with Gasteiger partial charge in [0.2, 0.25) is 0 Å². The molecule has 0 rings (SSSR count). The number of rotatable bonds is 2. The number of halogens is 3. The minimum Gasteiger partial charge on any atom is -0.329 e. The SMILES string of the molecule is C#CC(C)NC(=O)NCC(F)(F)F. The average Bonchev–Trinajstić information content (AvgIpc) is 1.99. The second-order valence-electron chi connectivity index (χ2n) is 2.33. The first-order valence-corrected chi connectivity index (χ1v) is 3.42. The molecular formula is C7H9F3N2O. The van der Waals surface area contributed by atoms with Gasteiger partial charge >= 0.3 is 12.2 Å². The van der Waals surface area contributed by atoms with Gasteiger partial charge in [0.25, 0.3) is 0 Å². The van der Waals surface area contributed by atoms with Gasteiger partial charge in [0, 0.05) is 0 Å². The third-order valence-electron chi connectivity index (χ3n) is 1.05. The number of carbonyl (C=O) groups excluding carboxylic acids is 1. The van der Waals surface area contributed by atoms with Gasteiger partial charge in [0.1, 0.15) is 6.54 Å². The van der Waals surface area contributed by atoms with Crippen molar-refractivity contribution in [2.75, 3.05) is 6.54 Å². The summed E-state index contributed by atoms with van der Waals surface area (Å²) in [6.07, 6.45) is 0.482. The number of alkyl halides is 3. The smallest absolute Gasteiger partial charge is 0.329 e. The molecule has 0 radical (unpaired) electrons. The molecule has 3 nitrogen and oxygen atoms in total. The number of hydrogen-bond donors (Lipinski definition) is 2. The van der Waals surface area contributed by atoms with Gasteiger partial charge in [-0.15, -0.1) is 6.42 Å². The molecule has 0 fully saturated rings. The molecule has 1 atom stereocenters. The Morgan fingerprint density at radius 3 is 2.54 bits per heavy atom. The zero-order valence-corrected chi connectivity index (χ0v) is 6.90. The van der Waals surface area contributed by atoms with E-state index in [0.717, 1.165) is 0 Å². The number of carbonyl (C=O) groups is 1. The van der Waals surface area contributed by atoms with E-state index >= 15 is 0 Å². The first-order valence-electron chi connectivity index (χ1n) is 3.42. The van der Waals surface area contributed by atoms with E-state index in [4.69, 9.17) is 6.42 Å². The lowest BCUT2D eigenvalue weighted by atomic mass is 10.4. The third kappa shape index (κ3) is 7.00. The highest BCUT2D eigenvalue weighted by molar-refractivity contribution is 5.74. The van der Waals surface area contributed by atoms with Gasteiger partial charge in [0.05, 0.1) is 6.04 Å². The lowest BCUT2D eigenvalue weighted by molar-refractivity contribution is -0.122. The van der Waals surface area contributed by atoms with Gasteiger partial charge in [-0.3, -0.25) is 0 Å². The van der Waals surface area contributed by atoms with Crippen LogP contribution in [0, 0.1) is 12.3 Å². The van der Waals surface area contributed by atoms with Crippen LogP contribution in [0.25, 0.3) is 0 Å². The van der Waals surface area contributed by atoms with Crippen LogP contribution < -0.4 is 10.6 Å². The summed E-state index contributed by atoms with van der Waals surface area (Å²) in [5.41, 5.74) is 0. The van der Waals surface area contributed by atoms with Crippen molar-refractivity contribution in [2.45, 2.75) is 19.1 Å². The van der Waals surface area contributed by atoms with E-state index in [0.29, 0.717) is 0 Å². The fraction of sp³-hybridized carbons (Fsp3) is 0.571. The van der Waals surface area contributed by atoms with Crippen LogP contribution in [-0.2, 0) is 0 Å². The molecule has 0 aromatic heterocycles. The van der Waals surface area contributed by atoms with E-state index in [9.17, 15) is 18.0 Å². The van der Waals surface area contributed by atoms with Gasteiger partial charge in [0.15, 0.2) is 0 Å². The number of terminal acetylenes is 1. The maximum atomic E-state index is 11.6. The summed E-state index contributed by atoms with van der Waals surface area (Å²) in [7, 11) is 0. The zero-order valence-electron chi connectivity index (χ0n) is 6.90. The fourth-order valence-electron chi connectivity index (χ4n) is 0.470. The van der Waals surface area contributed by atoms with Crippen molar-refractivity contribution >= 4 is 6.03 Å². The van der Waals surface area contributed by atoms with Crippen LogP contribution in [0.3, 0.4) is 0 Å². The van der Waals surface area contributed by atoms with Crippen molar-refractivity contribution in [1.29, 1.82) is 0 Å². The normalized spacial score (nSPS) is 12.8. The molecule has 0 aliphatic heterocycles. The molecule has 0 saturated carbocycles. The quantitative estimate of drug-likeness (QED) is 0.629. The minimum absolute atomic E-state index is 0.590. The second-order valence-corrected chi connectivity index (χ2v) is 2.33. The molecule has 74 valence electrons. The Bertz CT molecular complexity index is 219. The Kier molecular flexibility index (Phi) is 4.11. The molecule has 1 unspecified atom stereocenters. The maximum Gasteiger partial charge on any atom is 0.405 e. The lowest BCUT2D eigenvalue weighted by Gasteiger charge is -2.10. The second kappa shape index (κ2) is 4.60. The number of hydrogen-bond acceptors (Lipinski definition) is 1. The van der Waals surface area contributed by atoms with Crippen LogP contribution in [0.4, 0.5) is 18.0 Å². The number of nitrogens with one attached hydrogen (secondary N) is 2. The van der Waals surface area contributed by atoms with Crippen molar-refractivity contribution in [3.8, 4) is 12.3 Å². The summed E-state index contributed by atoms with van der Waals surface area (Å²) < 4.78 is 34.7. The third-order valence-corrected chi connectivity index (χ3v) is 1.05. The Hall–Kier alpha value is -1.38. The Morgan fingerprint density at radius 2 is 2.15 bits per heavy atom. The highest BCUT2D eigenvalue weighted by Gasteiger charge is 2.27. The van der Waals surface area contributed by atoms with Crippen LogP contribution in [0.5, 0.6) is 0 Å². The monoisotopic (exact) mass is 194 g/mol. The molecule has 0 aromatic carbocycles. The molecule has 2 amide bonds. The van der Waals surface area contributed by atoms with Gasteiger partial charge in [-0.05, 0) is 6.92 Å². The van der Waals surface area contributed by atoms with E-state index < -0.39 is 24.8 Å². The summed E-state index contributed by atoms with van der Waals surface area (Å²) >= 11 is 0. The molecule has 0 aliphatic carbocycles. The first-order chi connectivity index (χ1) is 5.85. The number of amides is 2. The fourth-order valence-corrected chi connectivity index (χ4v) is 0.470. The topological polar surface area (TPSA) is 41.1 Å². The molecular weight excluding hydrogens is 185 g/mol. The molecule has 6 heteroatoms. The Morgan fingerprint density at radius 1 is 1.62 bits per heavy atom. The molecule has 0 spiro atoms. The largest absolute Gasteiger partial charge is 0.405 e. The molecule has 0 aromatic rings. The van der Waals surface area contributed by atoms with Crippen LogP contribution >= 0.6 is 0 Å². The Balaban J connectivity index is 3.72. The zero-order chi connectivity index (χ0) is 10.5. The summed E-state index contributed by atoms with van der Waals surface area (Å²) in [6.45, 7) is 0.114. The molecule has 0 bridgehead atoms. The van der Waals surface area contributed by atoms with Crippen molar-refractivity contribution in [1.82, 2.24) is 10.6 Å². The highest BCUT2D eigenvalue weighted by Crippen LogP contribution is 2.11. The van der Waals surface area contributed by atoms with Gasteiger partial charge in [-0.1, -0.05) is 5.92 Å². The van der Waals surface area contributed by atoms with Crippen LogP contribution in [0.2, 0.25) is 0 Å². The van der Waals surface area contributed by atoms with E-state index in [1.54, 1.807) is 5.32 Å². The molecule has 0 saturated heterocycles. The van der Waals surface area contributed by atoms with Gasteiger partial charge in [-0.2, -0.15) is 13.2 Å². The van der Waals surface area contributed by atoms with E-state index in [1.165, 1.54) is 6.92 Å². The van der Waals surface area contributed by atoms with Crippen molar-refractivity contribution in [3.63, 3.8) is 0 Å². The minimum atomic E-state index is -4.41. The van der Waals surface area contributed by atoms with Crippen LogP contribution in [0.1, 0.15) is 6.92 Å². The number of urea groups is 1. The molecule has 2 N–H and O–H groups in total. The molecule has 0 aliphatic rings. The predicted octanol–water partition coefficient (Wildman–Crippen LogP) is 0.870. The van der Waals surface area contributed by atoms with E-state index in [1.807, 2.05) is 0 Å². The standard InChI is InChI=1S/C7H9F3N2O/c1-3-5(2)12-6(13)11-4-7(8,9)10/h1,5H,4H2,2H3,(H2,11,12,13). The van der Waals surface area contributed by atoms with Crippen molar-refractivity contribution in [2.24, 2.45) is 0 Å². The van der Waals surface area contributed by atoms with E-state index in [-0.39, 0.29) is 0 Å². The summed E-state index contributed by atoms with van der Waals surface area (Å²) in [5.74, 6) is 2.14. The van der Waals surface area contributed by atoms with Gasteiger partial charge in [-0.25, -0.2) is 4.79 Å². The molecule has 13 heavy (non-hydrogen) atoms. The van der Waals surface area contributed by atoms with Crippen LogP contribution in [0.15, 0.2) is 0 Å². The highest BCUT2D eigenvalue weighted by atomic mass is 19.4. The molecule has 0 heterocycles. The van der Waals surface area contributed by atoms with Gasteiger partial charge < -0.3 is 10.6 Å². The van der Waals surface area contributed by atoms with Crippen molar-refractivity contribution < 1.29 is 18.0 Å². The lowest BCUT2D eigenvalue weighted by Crippen LogP contribution is -2.43. The summed E-state index contributed by atoms with van der Waals surface area (Å²) in [6, 6.07) is -1.52. The summed E-state index contributed by atoms with van der Waals surface area (Å²) in [4.78, 5) is 10.6. The summed E-state index contributed by atoms with van der Waals surface area (Å²) in [5, 5.41) is 3.73. The predicted molar refractivity (Wildman–Crippen MR) is 40.9 cm³/mol.